The smallest absolute Gasteiger partial charge is 0.129 e. The van der Waals surface area contributed by atoms with Gasteiger partial charge in [-0.15, -0.1) is 0 Å². The number of hydrogen-bond acceptors (Lipinski definition) is 6. The molecule has 2 N–H and O–H groups in total. The van der Waals surface area contributed by atoms with E-state index >= 15 is 0 Å². The van der Waals surface area contributed by atoms with E-state index in [2.05, 4.69) is 50.6 Å². The maximum Gasteiger partial charge on any atom is 0.129 e. The number of nitrogens with zero attached hydrogens (tertiary/aromatic N) is 4. The predicted molar refractivity (Wildman–Crippen MR) is 124 cm³/mol. The fourth-order valence-electron chi connectivity index (χ4n) is 5.71. The summed E-state index contributed by atoms with van der Waals surface area (Å²) in [6, 6.07) is 2.76. The van der Waals surface area contributed by atoms with E-state index in [1.165, 1.54) is 25.1 Å². The van der Waals surface area contributed by atoms with E-state index < -0.39 is 0 Å². The minimum atomic E-state index is 0.253. The highest BCUT2D eigenvalue weighted by Crippen LogP contribution is 2.39. The van der Waals surface area contributed by atoms with E-state index in [1.54, 1.807) is 0 Å². The van der Waals surface area contributed by atoms with Crippen molar-refractivity contribution in [3.8, 4) is 0 Å². The van der Waals surface area contributed by atoms with Crippen molar-refractivity contribution in [2.45, 2.75) is 62.7 Å². The molecule has 1 spiro atoms. The van der Waals surface area contributed by atoms with Gasteiger partial charge in [0.1, 0.15) is 11.7 Å². The number of nitrogens with one attached hydrogen (secondary N) is 2. The van der Waals surface area contributed by atoms with Crippen LogP contribution in [0.25, 0.3) is 0 Å². The van der Waals surface area contributed by atoms with Crippen molar-refractivity contribution in [1.82, 2.24) is 25.4 Å². The highest BCUT2D eigenvalue weighted by atomic mass is 35.5. The summed E-state index contributed by atoms with van der Waals surface area (Å²) in [7, 11) is 0. The van der Waals surface area contributed by atoms with Crippen LogP contribution in [0.3, 0.4) is 0 Å². The van der Waals surface area contributed by atoms with Gasteiger partial charge in [0, 0.05) is 49.0 Å². The number of pyridine rings is 1. The van der Waals surface area contributed by atoms with Gasteiger partial charge in [0.2, 0.25) is 0 Å². The Labute approximate surface area is 189 Å². The molecule has 0 bridgehead atoms. The lowest BCUT2D eigenvalue weighted by atomic mass is 9.91. The Hall–Kier alpha value is -1.89. The third kappa shape index (κ3) is 3.59. The minimum absolute atomic E-state index is 0.253. The monoisotopic (exact) mass is 438 g/mol. The molecule has 1 aromatic rings. The van der Waals surface area contributed by atoms with Crippen LogP contribution in [0.15, 0.2) is 41.3 Å². The highest BCUT2D eigenvalue weighted by Gasteiger charge is 2.47. The summed E-state index contributed by atoms with van der Waals surface area (Å²) in [5.74, 6) is 2.45. The lowest BCUT2D eigenvalue weighted by Crippen LogP contribution is -2.54. The minimum Gasteiger partial charge on any atom is -0.355 e. The molecular weight excluding hydrogens is 408 g/mol. The second kappa shape index (κ2) is 7.61. The zero-order valence-electron chi connectivity index (χ0n) is 18.1. The van der Waals surface area contributed by atoms with E-state index in [0.29, 0.717) is 11.6 Å². The van der Waals surface area contributed by atoms with Gasteiger partial charge in [-0.2, -0.15) is 0 Å². The molecule has 1 aromatic heterocycles. The lowest BCUT2D eigenvalue weighted by molar-refractivity contribution is 0.189. The number of aromatic nitrogens is 1. The second-order valence-electron chi connectivity index (χ2n) is 9.74. The van der Waals surface area contributed by atoms with Crippen LogP contribution in [-0.2, 0) is 0 Å². The molecule has 3 fully saturated rings. The Bertz CT molecular complexity index is 965. The Morgan fingerprint density at radius 3 is 3.03 bits per heavy atom. The quantitative estimate of drug-likeness (QED) is 0.759. The number of allylic oxidation sites excluding steroid dienone is 2. The first-order chi connectivity index (χ1) is 15.1. The largest absolute Gasteiger partial charge is 0.355 e. The molecule has 0 aromatic carbocycles. The van der Waals surface area contributed by atoms with Crippen LogP contribution in [0.1, 0.15) is 49.4 Å². The van der Waals surface area contributed by atoms with Crippen LogP contribution in [0.4, 0.5) is 0 Å². The molecule has 0 radical (unpaired) electrons. The average molecular weight is 439 g/mol. The van der Waals surface area contributed by atoms with E-state index in [-0.39, 0.29) is 12.1 Å². The molecule has 0 amide bonds. The summed E-state index contributed by atoms with van der Waals surface area (Å²) >= 11 is 6.37. The van der Waals surface area contributed by atoms with Gasteiger partial charge in [-0.3, -0.25) is 9.98 Å². The molecule has 5 heterocycles. The fraction of sp³-hybridized carbons (Fsp3) is 0.583. The van der Waals surface area contributed by atoms with Gasteiger partial charge >= 0.3 is 0 Å². The summed E-state index contributed by atoms with van der Waals surface area (Å²) < 4.78 is 0. The predicted octanol–water partition coefficient (Wildman–Crippen LogP) is 3.16. The van der Waals surface area contributed by atoms with E-state index in [1.807, 2.05) is 12.3 Å². The zero-order chi connectivity index (χ0) is 21.0. The summed E-state index contributed by atoms with van der Waals surface area (Å²) in [4.78, 5) is 14.8. The Morgan fingerprint density at radius 2 is 2.16 bits per heavy atom. The summed E-state index contributed by atoms with van der Waals surface area (Å²) in [6.07, 6.45) is 14.5. The van der Waals surface area contributed by atoms with Crippen molar-refractivity contribution in [1.29, 1.82) is 0 Å². The maximum absolute atomic E-state index is 6.37. The van der Waals surface area contributed by atoms with Gasteiger partial charge in [0.05, 0.1) is 17.8 Å². The molecule has 4 aliphatic heterocycles. The molecule has 7 heteroatoms. The van der Waals surface area contributed by atoms with E-state index in [9.17, 15) is 0 Å². The van der Waals surface area contributed by atoms with Crippen molar-refractivity contribution in [3.05, 3.63) is 52.6 Å². The van der Waals surface area contributed by atoms with Gasteiger partial charge in [-0.05, 0) is 62.8 Å². The number of aliphatic imine (C=N–C) groups is 1. The maximum atomic E-state index is 6.37. The summed E-state index contributed by atoms with van der Waals surface area (Å²) in [5.41, 5.74) is 2.56. The van der Waals surface area contributed by atoms with Crippen LogP contribution in [0.2, 0.25) is 5.02 Å². The fourth-order valence-corrected chi connectivity index (χ4v) is 5.86. The second-order valence-corrected chi connectivity index (χ2v) is 10.1. The first-order valence-electron chi connectivity index (χ1n) is 11.7. The molecule has 3 atom stereocenters. The number of amidine groups is 1. The Kier molecular flexibility index (Phi) is 4.85. The summed E-state index contributed by atoms with van der Waals surface area (Å²) in [6.45, 7) is 6.29. The molecule has 164 valence electrons. The third-order valence-electron chi connectivity index (χ3n) is 7.66. The average Bonchev–Trinajstić information content (AvgIpc) is 3.38. The first-order valence-corrected chi connectivity index (χ1v) is 12.1. The van der Waals surface area contributed by atoms with Crippen molar-refractivity contribution in [2.75, 3.05) is 26.2 Å². The number of hydrogen-bond donors (Lipinski definition) is 2. The van der Waals surface area contributed by atoms with Gasteiger partial charge in [0.25, 0.3) is 0 Å². The summed E-state index contributed by atoms with van der Waals surface area (Å²) in [5, 5.41) is 8.41. The molecule has 1 saturated carbocycles. The molecule has 1 unspecified atom stereocenters. The molecule has 6 nitrogen and oxygen atoms in total. The van der Waals surface area contributed by atoms with Crippen LogP contribution >= 0.6 is 11.6 Å². The highest BCUT2D eigenvalue weighted by molar-refractivity contribution is 6.31. The molecule has 1 aliphatic carbocycles. The number of rotatable bonds is 3. The molecule has 2 saturated heterocycles. The van der Waals surface area contributed by atoms with Crippen LogP contribution in [-0.4, -0.2) is 64.4 Å². The van der Waals surface area contributed by atoms with Gasteiger partial charge in [-0.25, -0.2) is 0 Å². The molecule has 6 rings (SSSR count). The van der Waals surface area contributed by atoms with Gasteiger partial charge in [0.15, 0.2) is 0 Å². The normalized spacial score (nSPS) is 31.5. The third-order valence-corrected chi connectivity index (χ3v) is 8.07. The van der Waals surface area contributed by atoms with E-state index in [0.717, 1.165) is 61.1 Å². The lowest BCUT2D eigenvalue weighted by Gasteiger charge is -2.41. The molecule has 31 heavy (non-hydrogen) atoms. The SMILES string of the molecule is Cc1c(Cl)ccnc1[C@@H]1CCC[C@H](C2CN3C(N4CCNC5(CC5)C4)=CC=CC3=N2)N1. The number of piperidine rings is 1. The van der Waals surface area contributed by atoms with Gasteiger partial charge < -0.3 is 20.4 Å². The Morgan fingerprint density at radius 1 is 1.26 bits per heavy atom. The van der Waals surface area contributed by atoms with E-state index in [4.69, 9.17) is 16.6 Å². The van der Waals surface area contributed by atoms with Crippen LogP contribution in [0, 0.1) is 6.92 Å². The van der Waals surface area contributed by atoms with Gasteiger partial charge in [-0.1, -0.05) is 17.7 Å². The van der Waals surface area contributed by atoms with Crippen molar-refractivity contribution >= 4 is 17.4 Å². The number of fused-ring (bicyclic) bond motifs is 1. The van der Waals surface area contributed by atoms with Crippen molar-refractivity contribution in [2.24, 2.45) is 4.99 Å². The topological polar surface area (TPSA) is 55.8 Å². The first kappa shape index (κ1) is 19.8. The standard InChI is InChI=1S/C24H31ClN6/c1-16-17(25)8-11-26-23(16)19-5-2-4-18(28-19)20-14-31-21(29-20)6-3-7-22(31)30-13-12-27-24(15-30)9-10-24/h3,6-8,11,18-20,27-28H,2,4-5,9-10,12-15H2,1H3/t18-,19+,20?/m1/s1. The number of halogens is 1. The molecule has 5 aliphatic rings. The van der Waals surface area contributed by atoms with Crippen molar-refractivity contribution < 1.29 is 0 Å². The van der Waals surface area contributed by atoms with Crippen LogP contribution in [0.5, 0.6) is 0 Å². The Balaban J connectivity index is 1.18. The molecular formula is C24H31ClN6. The number of piperazine rings is 1. The van der Waals surface area contributed by atoms with Crippen molar-refractivity contribution in [3.63, 3.8) is 0 Å². The van der Waals surface area contributed by atoms with Crippen LogP contribution < -0.4 is 10.6 Å². The zero-order valence-corrected chi connectivity index (χ0v) is 18.9.